The Hall–Kier alpha value is -7.70. The van der Waals surface area contributed by atoms with Crippen LogP contribution < -0.4 is 0 Å². The molecule has 9 aromatic carbocycles. The summed E-state index contributed by atoms with van der Waals surface area (Å²) in [5.74, 6) is 0. The maximum atomic E-state index is 15.0. The lowest BCUT2D eigenvalue weighted by Crippen LogP contribution is -2.08. The van der Waals surface area contributed by atoms with Crippen molar-refractivity contribution in [3.8, 4) is 33.6 Å². The number of rotatable bonds is 4. The number of halogens is 3. The molecule has 65 heavy (non-hydrogen) atoms. The molecule has 0 aliphatic rings. The Morgan fingerprint density at radius 2 is 0.985 bits per heavy atom. The van der Waals surface area contributed by atoms with Crippen LogP contribution in [-0.4, -0.2) is 9.13 Å². The molecule has 8 heteroatoms. The van der Waals surface area contributed by atoms with Crippen LogP contribution >= 0.6 is 22.7 Å². The maximum absolute atomic E-state index is 15.0. The molecule has 0 spiro atoms. The highest BCUT2D eigenvalue weighted by Gasteiger charge is 2.35. The van der Waals surface area contributed by atoms with Crippen molar-refractivity contribution < 1.29 is 13.2 Å². The van der Waals surface area contributed by atoms with Gasteiger partial charge in [0.05, 0.1) is 45.6 Å². The Morgan fingerprint density at radius 1 is 0.477 bits per heavy atom. The first kappa shape index (κ1) is 37.8. The van der Waals surface area contributed by atoms with Gasteiger partial charge in [0, 0.05) is 67.5 Å². The minimum absolute atomic E-state index is 0.133. The average Bonchev–Trinajstić information content (AvgIpc) is 4.08. The predicted octanol–water partition coefficient (Wildman–Crippen LogP) is 17.8. The van der Waals surface area contributed by atoms with Crippen molar-refractivity contribution in [2.75, 3.05) is 0 Å². The van der Waals surface area contributed by atoms with Gasteiger partial charge in [-0.15, -0.1) is 22.7 Å². The summed E-state index contributed by atoms with van der Waals surface area (Å²) in [7, 11) is 0. The molecular formula is C57H32F3N3S2. The van der Waals surface area contributed by atoms with Gasteiger partial charge in [0.15, 0.2) is 5.69 Å². The molecule has 0 bridgehead atoms. The Labute approximate surface area is 377 Å². The molecule has 0 atom stereocenters. The van der Waals surface area contributed by atoms with Gasteiger partial charge in [-0.05, 0) is 95.9 Å². The molecule has 308 valence electrons. The second kappa shape index (κ2) is 13.9. The van der Waals surface area contributed by atoms with Crippen LogP contribution in [0.25, 0.3) is 122 Å². The van der Waals surface area contributed by atoms with Gasteiger partial charge in [0.25, 0.3) is 0 Å². The third kappa shape index (κ3) is 5.46. The molecule has 4 heterocycles. The highest BCUT2D eigenvalue weighted by atomic mass is 32.1. The number of hydrogen-bond donors (Lipinski definition) is 0. The number of alkyl halides is 3. The van der Waals surface area contributed by atoms with Crippen molar-refractivity contribution >= 4 is 112 Å². The third-order valence-electron chi connectivity index (χ3n) is 13.1. The summed E-state index contributed by atoms with van der Waals surface area (Å²) in [6, 6.07) is 58.4. The van der Waals surface area contributed by atoms with Gasteiger partial charge in [-0.2, -0.15) is 13.2 Å². The lowest BCUT2D eigenvalue weighted by Gasteiger charge is -2.21. The smallest absolute Gasteiger partial charge is 0.309 e. The zero-order chi connectivity index (χ0) is 43.7. The largest absolute Gasteiger partial charge is 0.417 e. The first-order chi connectivity index (χ1) is 31.8. The standard InChI is InChI=1S/C57H32F3N3S2/c1-32-12-11-17-43(57(58,59)60)52(32)33-22-26-46(62-44-18-7-3-15-39(44)53-48(62)28-24-37-35-13-5-9-20-50(35)64-55(37)53)41(30-33)42-31-34(61-2)23-27-47(42)63-45-19-8-4-16-40(45)54-49(63)29-25-38-36-14-6-10-21-51(36)65-56(38)54/h3-31H,1H3. The maximum Gasteiger partial charge on any atom is 0.417 e. The quantitative estimate of drug-likeness (QED) is 0.156. The summed E-state index contributed by atoms with van der Waals surface area (Å²) in [4.78, 5) is 3.95. The number of benzene rings is 9. The average molecular weight is 880 g/mol. The van der Waals surface area contributed by atoms with Gasteiger partial charge < -0.3 is 9.13 Å². The molecule has 0 fully saturated rings. The van der Waals surface area contributed by atoms with Gasteiger partial charge in [0.2, 0.25) is 0 Å². The summed E-state index contributed by atoms with van der Waals surface area (Å²) in [6.07, 6.45) is -4.58. The summed E-state index contributed by atoms with van der Waals surface area (Å²) in [6.45, 7) is 10.0. The summed E-state index contributed by atoms with van der Waals surface area (Å²) in [5, 5.41) is 9.23. The molecule has 4 aromatic heterocycles. The molecule has 3 nitrogen and oxygen atoms in total. The summed E-state index contributed by atoms with van der Waals surface area (Å²) in [5.41, 5.74) is 7.81. The van der Waals surface area contributed by atoms with Gasteiger partial charge in [-0.3, -0.25) is 0 Å². The van der Waals surface area contributed by atoms with E-state index in [9.17, 15) is 13.2 Å². The molecular weight excluding hydrogens is 848 g/mol. The van der Waals surface area contributed by atoms with Crippen LogP contribution in [0, 0.1) is 13.5 Å². The highest BCUT2D eigenvalue weighted by Crippen LogP contribution is 2.49. The monoisotopic (exact) mass is 879 g/mol. The summed E-state index contributed by atoms with van der Waals surface area (Å²) < 4.78 is 54.3. The van der Waals surface area contributed by atoms with Crippen molar-refractivity contribution in [2.45, 2.75) is 13.1 Å². The molecule has 0 N–H and O–H groups in total. The van der Waals surface area contributed by atoms with Gasteiger partial charge in [-0.25, -0.2) is 4.85 Å². The molecule has 0 saturated heterocycles. The topological polar surface area (TPSA) is 14.2 Å². The summed E-state index contributed by atoms with van der Waals surface area (Å²) >= 11 is 3.56. The fourth-order valence-corrected chi connectivity index (χ4v) is 12.9. The minimum atomic E-state index is -4.58. The van der Waals surface area contributed by atoms with Crippen molar-refractivity contribution in [1.29, 1.82) is 0 Å². The van der Waals surface area contributed by atoms with Crippen LogP contribution in [0.1, 0.15) is 11.1 Å². The predicted molar refractivity (Wildman–Crippen MR) is 268 cm³/mol. The number of fused-ring (bicyclic) bond motifs is 14. The lowest BCUT2D eigenvalue weighted by molar-refractivity contribution is -0.137. The van der Waals surface area contributed by atoms with E-state index in [1.165, 1.54) is 46.4 Å². The molecule has 0 aliphatic carbocycles. The number of para-hydroxylation sites is 2. The highest BCUT2D eigenvalue weighted by molar-refractivity contribution is 7.27. The van der Waals surface area contributed by atoms with Crippen molar-refractivity contribution in [3.63, 3.8) is 0 Å². The lowest BCUT2D eigenvalue weighted by atomic mass is 9.90. The van der Waals surface area contributed by atoms with E-state index in [0.717, 1.165) is 66.6 Å². The Morgan fingerprint density at radius 3 is 1.54 bits per heavy atom. The molecule has 0 aliphatic heterocycles. The number of aryl methyl sites for hydroxylation is 1. The fourth-order valence-electron chi connectivity index (χ4n) is 10.4. The number of nitrogens with zero attached hydrogens (tertiary/aromatic N) is 3. The zero-order valence-corrected chi connectivity index (χ0v) is 36.2. The van der Waals surface area contributed by atoms with Crippen LogP contribution in [0.4, 0.5) is 18.9 Å². The van der Waals surface area contributed by atoms with Gasteiger partial charge in [0.1, 0.15) is 0 Å². The van der Waals surface area contributed by atoms with Crippen LogP contribution in [0.15, 0.2) is 176 Å². The SMILES string of the molecule is [C-]#[N+]c1ccc(-n2c3ccccc3c3c4sc5ccccc5c4ccc32)c(-c2cc(-c3c(C)cccc3C(F)(F)F)ccc2-n2c3ccccc3c3c4sc5ccccc5c4ccc32)c1. The minimum Gasteiger partial charge on any atom is -0.309 e. The van der Waals surface area contributed by atoms with E-state index >= 15 is 0 Å². The van der Waals surface area contributed by atoms with E-state index in [-0.39, 0.29) is 5.56 Å². The number of hydrogen-bond acceptors (Lipinski definition) is 2. The van der Waals surface area contributed by atoms with E-state index < -0.39 is 11.7 Å². The van der Waals surface area contributed by atoms with E-state index in [1.807, 2.05) is 48.5 Å². The Bertz CT molecular complexity index is 4210. The first-order valence-electron chi connectivity index (χ1n) is 21.3. The molecule has 0 saturated carbocycles. The number of aromatic nitrogens is 2. The van der Waals surface area contributed by atoms with Crippen LogP contribution in [0.2, 0.25) is 0 Å². The fraction of sp³-hybridized carbons (Fsp3) is 0.0351. The van der Waals surface area contributed by atoms with Crippen LogP contribution in [0.3, 0.4) is 0 Å². The molecule has 13 rings (SSSR count). The van der Waals surface area contributed by atoms with Crippen molar-refractivity contribution in [2.24, 2.45) is 0 Å². The molecule has 0 radical (unpaired) electrons. The Balaban J connectivity index is 1.17. The Kier molecular flexibility index (Phi) is 8.09. The van der Waals surface area contributed by atoms with Gasteiger partial charge >= 0.3 is 6.18 Å². The first-order valence-corrected chi connectivity index (χ1v) is 22.9. The molecule has 0 amide bonds. The molecule has 0 unspecified atom stereocenters. The third-order valence-corrected chi connectivity index (χ3v) is 15.5. The number of thiophene rings is 2. The van der Waals surface area contributed by atoms with Crippen molar-refractivity contribution in [1.82, 2.24) is 9.13 Å². The van der Waals surface area contributed by atoms with E-state index in [1.54, 1.807) is 35.7 Å². The second-order valence-corrected chi connectivity index (χ2v) is 18.7. The van der Waals surface area contributed by atoms with Crippen LogP contribution in [0.5, 0.6) is 0 Å². The normalized spacial score (nSPS) is 12.3. The second-order valence-electron chi connectivity index (χ2n) is 16.6. The van der Waals surface area contributed by atoms with Crippen LogP contribution in [-0.2, 0) is 6.18 Å². The van der Waals surface area contributed by atoms with Crippen molar-refractivity contribution in [3.05, 3.63) is 198 Å². The van der Waals surface area contributed by atoms with Gasteiger partial charge in [-0.1, -0.05) is 109 Å². The molecule has 13 aromatic rings. The van der Waals surface area contributed by atoms with E-state index in [0.29, 0.717) is 22.4 Å². The van der Waals surface area contributed by atoms with E-state index in [4.69, 9.17) is 6.57 Å². The van der Waals surface area contributed by atoms with E-state index in [2.05, 4.69) is 123 Å². The zero-order valence-electron chi connectivity index (χ0n) is 34.5.